The maximum atomic E-state index is 5.71. The summed E-state index contributed by atoms with van der Waals surface area (Å²) in [4.78, 5) is 4.73. The van der Waals surface area contributed by atoms with Gasteiger partial charge in [-0.15, -0.1) is 0 Å². The van der Waals surface area contributed by atoms with Crippen LogP contribution in [0.2, 0.25) is 0 Å². The summed E-state index contributed by atoms with van der Waals surface area (Å²) >= 11 is 5.71. The molecular weight excluding hydrogens is 358 g/mol. The number of para-hydroxylation sites is 2. The topological polar surface area (TPSA) is 40.9 Å². The number of rotatable bonds is 8. The van der Waals surface area contributed by atoms with E-state index in [1.54, 1.807) is 13.4 Å². The van der Waals surface area contributed by atoms with Crippen molar-refractivity contribution in [2.75, 3.05) is 38.6 Å². The average Bonchev–Trinajstić information content (AvgIpc) is 3.21. The van der Waals surface area contributed by atoms with E-state index in [0.717, 1.165) is 36.7 Å². The third kappa shape index (κ3) is 5.97. The SMILES string of the molecule is COc1ccccc1NC(=S)N(CCCN1CCCCC1)Cc1ccco1. The highest BCUT2D eigenvalue weighted by Crippen LogP contribution is 2.23. The second-order valence-corrected chi connectivity index (χ2v) is 7.27. The van der Waals surface area contributed by atoms with Gasteiger partial charge in [0.25, 0.3) is 0 Å². The molecule has 2 heterocycles. The number of furan rings is 1. The third-order valence-corrected chi connectivity index (χ3v) is 5.27. The van der Waals surface area contributed by atoms with E-state index in [-0.39, 0.29) is 0 Å². The lowest BCUT2D eigenvalue weighted by Crippen LogP contribution is -2.37. The van der Waals surface area contributed by atoms with Gasteiger partial charge in [-0.3, -0.25) is 0 Å². The van der Waals surface area contributed by atoms with Crippen molar-refractivity contribution in [3.8, 4) is 5.75 Å². The predicted molar refractivity (Wildman–Crippen MR) is 113 cm³/mol. The molecule has 0 atom stereocenters. The van der Waals surface area contributed by atoms with Gasteiger partial charge in [0.15, 0.2) is 5.11 Å². The summed E-state index contributed by atoms with van der Waals surface area (Å²) in [6, 6.07) is 11.7. The number of hydrogen-bond acceptors (Lipinski definition) is 4. The van der Waals surface area contributed by atoms with Crippen LogP contribution >= 0.6 is 12.2 Å². The molecule has 1 aromatic carbocycles. The Balaban J connectivity index is 1.60. The standard InChI is InChI=1S/C21H29N3O2S/c1-25-20-11-4-3-10-19(20)22-21(27)24(17-18-9-7-16-26-18)15-8-14-23-12-5-2-6-13-23/h3-4,7,9-11,16H,2,5-6,8,12-15,17H2,1H3,(H,22,27). The van der Waals surface area contributed by atoms with Gasteiger partial charge in [0.2, 0.25) is 0 Å². The molecule has 1 aliphatic heterocycles. The molecule has 2 aromatic rings. The largest absolute Gasteiger partial charge is 0.495 e. The second-order valence-electron chi connectivity index (χ2n) is 6.89. The zero-order chi connectivity index (χ0) is 18.9. The maximum Gasteiger partial charge on any atom is 0.173 e. The van der Waals surface area contributed by atoms with E-state index in [1.165, 1.54) is 32.4 Å². The van der Waals surface area contributed by atoms with Crippen LogP contribution in [-0.4, -0.2) is 48.2 Å². The number of hydrogen-bond donors (Lipinski definition) is 1. The van der Waals surface area contributed by atoms with E-state index in [2.05, 4.69) is 15.1 Å². The van der Waals surface area contributed by atoms with Gasteiger partial charge in [-0.1, -0.05) is 18.6 Å². The summed E-state index contributed by atoms with van der Waals surface area (Å²) in [5.41, 5.74) is 0.880. The molecule has 1 aromatic heterocycles. The smallest absolute Gasteiger partial charge is 0.173 e. The van der Waals surface area contributed by atoms with Crippen LogP contribution < -0.4 is 10.1 Å². The minimum Gasteiger partial charge on any atom is -0.495 e. The summed E-state index contributed by atoms with van der Waals surface area (Å²) < 4.78 is 11.0. The highest BCUT2D eigenvalue weighted by molar-refractivity contribution is 7.80. The first-order valence-electron chi connectivity index (χ1n) is 9.70. The Hall–Kier alpha value is -2.05. The van der Waals surface area contributed by atoms with E-state index in [1.807, 2.05) is 36.4 Å². The molecule has 0 aliphatic carbocycles. The van der Waals surface area contributed by atoms with Crippen molar-refractivity contribution in [3.63, 3.8) is 0 Å². The van der Waals surface area contributed by atoms with Crippen LogP contribution in [0.3, 0.4) is 0 Å². The second kappa shape index (κ2) is 10.3. The molecule has 0 spiro atoms. The van der Waals surface area contributed by atoms with Gasteiger partial charge < -0.3 is 24.3 Å². The van der Waals surface area contributed by atoms with Crippen LogP contribution in [-0.2, 0) is 6.54 Å². The normalized spacial score (nSPS) is 14.7. The van der Waals surface area contributed by atoms with Crippen LogP contribution in [0.5, 0.6) is 5.75 Å². The first-order valence-corrected chi connectivity index (χ1v) is 10.1. The van der Waals surface area contributed by atoms with E-state index in [9.17, 15) is 0 Å². The van der Waals surface area contributed by atoms with Crippen molar-refractivity contribution in [1.82, 2.24) is 9.80 Å². The van der Waals surface area contributed by atoms with Gasteiger partial charge in [-0.25, -0.2) is 0 Å². The minimum absolute atomic E-state index is 0.661. The number of thiocarbonyl (C=S) groups is 1. The highest BCUT2D eigenvalue weighted by atomic mass is 32.1. The molecule has 1 aliphatic rings. The lowest BCUT2D eigenvalue weighted by Gasteiger charge is -2.29. The maximum absolute atomic E-state index is 5.71. The lowest BCUT2D eigenvalue weighted by molar-refractivity contribution is 0.217. The zero-order valence-corrected chi connectivity index (χ0v) is 16.8. The predicted octanol–water partition coefficient (Wildman–Crippen LogP) is 4.36. The molecule has 1 saturated heterocycles. The van der Waals surface area contributed by atoms with Crippen molar-refractivity contribution < 1.29 is 9.15 Å². The fourth-order valence-electron chi connectivity index (χ4n) is 3.45. The quantitative estimate of drug-likeness (QED) is 0.679. The summed E-state index contributed by atoms with van der Waals surface area (Å²) in [6.45, 7) is 5.11. The van der Waals surface area contributed by atoms with Crippen LogP contribution in [0.1, 0.15) is 31.4 Å². The van der Waals surface area contributed by atoms with E-state index in [4.69, 9.17) is 21.4 Å². The Morgan fingerprint density at radius 1 is 1.19 bits per heavy atom. The van der Waals surface area contributed by atoms with Gasteiger partial charge in [0.1, 0.15) is 11.5 Å². The average molecular weight is 388 g/mol. The lowest BCUT2D eigenvalue weighted by atomic mass is 10.1. The van der Waals surface area contributed by atoms with Crippen molar-refractivity contribution in [2.45, 2.75) is 32.2 Å². The number of methoxy groups -OCH3 is 1. The number of nitrogens with one attached hydrogen (secondary N) is 1. The fourth-order valence-corrected chi connectivity index (χ4v) is 3.72. The molecule has 146 valence electrons. The van der Waals surface area contributed by atoms with Crippen molar-refractivity contribution in [1.29, 1.82) is 0 Å². The van der Waals surface area contributed by atoms with Gasteiger partial charge in [-0.05, 0) is 75.4 Å². The van der Waals surface area contributed by atoms with Gasteiger partial charge in [-0.2, -0.15) is 0 Å². The molecule has 0 bridgehead atoms. The van der Waals surface area contributed by atoms with Crippen molar-refractivity contribution in [2.24, 2.45) is 0 Å². The molecule has 1 N–H and O–H groups in total. The molecule has 6 heteroatoms. The molecule has 0 radical (unpaired) electrons. The minimum atomic E-state index is 0.661. The summed E-state index contributed by atoms with van der Waals surface area (Å²) in [5, 5.41) is 4.03. The Bertz CT molecular complexity index is 699. The highest BCUT2D eigenvalue weighted by Gasteiger charge is 2.15. The summed E-state index contributed by atoms with van der Waals surface area (Å²) in [7, 11) is 1.67. The van der Waals surface area contributed by atoms with Gasteiger partial charge >= 0.3 is 0 Å². The van der Waals surface area contributed by atoms with E-state index in [0.29, 0.717) is 11.7 Å². The number of anilines is 1. The molecule has 3 rings (SSSR count). The number of benzene rings is 1. The molecule has 1 fully saturated rings. The molecule has 0 amide bonds. The molecule has 27 heavy (non-hydrogen) atoms. The monoisotopic (exact) mass is 387 g/mol. The number of piperidine rings is 1. The van der Waals surface area contributed by atoms with E-state index < -0.39 is 0 Å². The summed E-state index contributed by atoms with van der Waals surface area (Å²) in [5.74, 6) is 1.70. The van der Waals surface area contributed by atoms with Crippen molar-refractivity contribution in [3.05, 3.63) is 48.4 Å². The molecule has 0 saturated carbocycles. The Kier molecular flexibility index (Phi) is 7.54. The fraction of sp³-hybridized carbons (Fsp3) is 0.476. The molecular formula is C21H29N3O2S. The number of nitrogens with zero attached hydrogens (tertiary/aromatic N) is 2. The van der Waals surface area contributed by atoms with Crippen LogP contribution in [0, 0.1) is 0 Å². The first-order chi connectivity index (χ1) is 13.3. The first kappa shape index (κ1) is 19.7. The van der Waals surface area contributed by atoms with Gasteiger partial charge in [0.05, 0.1) is 25.6 Å². The number of ether oxygens (including phenoxy) is 1. The molecule has 5 nitrogen and oxygen atoms in total. The van der Waals surface area contributed by atoms with Crippen molar-refractivity contribution >= 4 is 23.0 Å². The van der Waals surface area contributed by atoms with Crippen LogP contribution in [0.25, 0.3) is 0 Å². The van der Waals surface area contributed by atoms with Crippen LogP contribution in [0.4, 0.5) is 5.69 Å². The summed E-state index contributed by atoms with van der Waals surface area (Å²) in [6.07, 6.45) is 6.80. The zero-order valence-electron chi connectivity index (χ0n) is 16.0. The Labute approximate surface area is 167 Å². The number of likely N-dealkylation sites (tertiary alicyclic amines) is 1. The van der Waals surface area contributed by atoms with Gasteiger partial charge in [0, 0.05) is 6.54 Å². The Morgan fingerprint density at radius 2 is 2.00 bits per heavy atom. The third-order valence-electron chi connectivity index (χ3n) is 4.91. The Morgan fingerprint density at radius 3 is 2.74 bits per heavy atom. The molecule has 0 unspecified atom stereocenters. The van der Waals surface area contributed by atoms with E-state index >= 15 is 0 Å². The van der Waals surface area contributed by atoms with Crippen LogP contribution in [0.15, 0.2) is 47.1 Å².